The first-order chi connectivity index (χ1) is 16.8. The monoisotopic (exact) mass is 482 g/mol. The van der Waals surface area contributed by atoms with E-state index in [0.29, 0.717) is 11.5 Å². The van der Waals surface area contributed by atoms with Crippen LogP contribution in [0.2, 0.25) is 0 Å². The molecule has 0 radical (unpaired) electrons. The lowest BCUT2D eigenvalue weighted by Gasteiger charge is -2.02. The summed E-state index contributed by atoms with van der Waals surface area (Å²) >= 11 is 0. The molecule has 0 aliphatic rings. The van der Waals surface area contributed by atoms with Crippen LogP contribution in [0.25, 0.3) is 34.2 Å². The maximum absolute atomic E-state index is 13.8. The average Bonchev–Trinajstić information content (AvgIpc) is 3.54. The van der Waals surface area contributed by atoms with E-state index >= 15 is 0 Å². The highest BCUT2D eigenvalue weighted by Gasteiger charge is 2.21. The Balaban J connectivity index is 0.000000147. The Hall–Kier alpha value is -4.67. The van der Waals surface area contributed by atoms with Crippen LogP contribution in [0, 0.1) is 23.3 Å². The van der Waals surface area contributed by atoms with Crippen LogP contribution in [0.15, 0.2) is 76.3 Å². The van der Waals surface area contributed by atoms with Crippen LogP contribution in [0.3, 0.4) is 0 Å². The molecule has 0 aliphatic carbocycles. The van der Waals surface area contributed by atoms with Gasteiger partial charge in [-0.1, -0.05) is 0 Å². The van der Waals surface area contributed by atoms with Crippen molar-refractivity contribution >= 4 is 17.5 Å². The van der Waals surface area contributed by atoms with E-state index in [9.17, 15) is 22.4 Å². The van der Waals surface area contributed by atoms with E-state index in [-0.39, 0.29) is 34.1 Å². The molecule has 4 aromatic heterocycles. The van der Waals surface area contributed by atoms with Crippen molar-refractivity contribution in [2.75, 3.05) is 0 Å². The van der Waals surface area contributed by atoms with Crippen molar-refractivity contribution in [2.45, 2.75) is 6.92 Å². The van der Waals surface area contributed by atoms with Crippen molar-refractivity contribution in [1.82, 2.24) is 18.8 Å². The number of rotatable bonds is 3. The molecule has 0 bridgehead atoms. The van der Waals surface area contributed by atoms with Crippen molar-refractivity contribution in [3.63, 3.8) is 0 Å². The van der Waals surface area contributed by atoms with Crippen LogP contribution in [0.1, 0.15) is 17.4 Å². The third-order valence-corrected chi connectivity index (χ3v) is 5.08. The van der Waals surface area contributed by atoms with Gasteiger partial charge in [-0.15, -0.1) is 0 Å². The molecule has 0 spiro atoms. The van der Waals surface area contributed by atoms with Gasteiger partial charge in [-0.2, -0.15) is 9.97 Å². The summed E-state index contributed by atoms with van der Waals surface area (Å²) in [6.07, 6.45) is 7.65. The van der Waals surface area contributed by atoms with Crippen molar-refractivity contribution in [2.24, 2.45) is 0 Å². The molecule has 6 aromatic rings. The van der Waals surface area contributed by atoms with Crippen molar-refractivity contribution in [1.29, 1.82) is 0 Å². The molecular formula is C24H14F4N4O3. The molecule has 0 unspecified atom stereocenters. The molecule has 0 aliphatic heterocycles. The summed E-state index contributed by atoms with van der Waals surface area (Å²) in [7, 11) is 0. The van der Waals surface area contributed by atoms with Crippen LogP contribution in [0.5, 0.6) is 0 Å². The molecule has 0 atom stereocenters. The molecule has 2 aromatic carbocycles. The van der Waals surface area contributed by atoms with Crippen LogP contribution in [0.4, 0.5) is 17.6 Å². The van der Waals surface area contributed by atoms with Gasteiger partial charge in [-0.3, -0.25) is 13.6 Å². The number of carbonyl (C=O) groups excluding carboxylic acids is 1. The number of Topliss-reactive ketones (excluding diaryl/α,β-unsaturated/α-hetero) is 1. The minimum Gasteiger partial charge on any atom is -0.432 e. The fraction of sp³-hybridized carbons (Fsp3) is 0.0417. The summed E-state index contributed by atoms with van der Waals surface area (Å²) in [6, 6.07) is 6.49. The largest absolute Gasteiger partial charge is 0.432 e. The fourth-order valence-electron chi connectivity index (χ4n) is 3.55. The minimum atomic E-state index is -0.775. The van der Waals surface area contributed by atoms with Gasteiger partial charge in [0.25, 0.3) is 0 Å². The Bertz CT molecular complexity index is 1670. The van der Waals surface area contributed by atoms with Crippen LogP contribution in [-0.4, -0.2) is 24.6 Å². The summed E-state index contributed by atoms with van der Waals surface area (Å²) in [5.41, 5.74) is 1.07. The zero-order valence-corrected chi connectivity index (χ0v) is 17.9. The number of oxazole rings is 2. The lowest BCUT2D eigenvalue weighted by atomic mass is 10.1. The van der Waals surface area contributed by atoms with E-state index in [0.717, 1.165) is 18.2 Å². The van der Waals surface area contributed by atoms with Gasteiger partial charge in [0.05, 0.1) is 5.69 Å². The molecule has 0 saturated carbocycles. The summed E-state index contributed by atoms with van der Waals surface area (Å²) in [5.74, 6) is -2.43. The molecule has 6 rings (SSSR count). The maximum Gasteiger partial charge on any atom is 0.306 e. The van der Waals surface area contributed by atoms with Crippen molar-refractivity contribution in [3.05, 3.63) is 96.5 Å². The zero-order valence-electron chi connectivity index (χ0n) is 17.9. The number of hydrogen-bond donors (Lipinski definition) is 0. The third-order valence-electron chi connectivity index (χ3n) is 5.08. The Morgan fingerprint density at radius 2 is 1.46 bits per heavy atom. The number of fused-ring (bicyclic) bond motifs is 2. The molecule has 0 amide bonds. The van der Waals surface area contributed by atoms with Gasteiger partial charge in [-0.05, 0) is 24.3 Å². The summed E-state index contributed by atoms with van der Waals surface area (Å²) in [6.45, 7) is 1.35. The maximum atomic E-state index is 13.8. The molecule has 7 nitrogen and oxygen atoms in total. The SMILES string of the molecule is CC(=O)c1c(-c2ccc(F)cc2F)nc2occn12.Fc1ccc(-c2cn3ccoc3n2)c(F)c1. The molecule has 0 fully saturated rings. The van der Waals surface area contributed by atoms with Crippen molar-refractivity contribution < 1.29 is 31.2 Å². The minimum absolute atomic E-state index is 0.0606. The summed E-state index contributed by atoms with van der Waals surface area (Å²) in [4.78, 5) is 19.8. The lowest BCUT2D eigenvalue weighted by molar-refractivity contribution is 0.101. The van der Waals surface area contributed by atoms with E-state index in [1.165, 1.54) is 48.2 Å². The standard InChI is InChI=1S/C13H8F2N2O2.C11H6F2N2O/c1-7(18)12-11(16-13-17(12)4-5-19-13)9-3-2-8(14)6-10(9)15;12-7-1-2-8(9(13)5-7)10-6-15-3-4-16-11(15)14-10/h2-6H,1H3;1-6H. The molecule has 11 heteroatoms. The number of ketones is 1. The zero-order chi connectivity index (χ0) is 24.7. The second-order valence-corrected chi connectivity index (χ2v) is 7.39. The first-order valence-electron chi connectivity index (χ1n) is 10.1. The smallest absolute Gasteiger partial charge is 0.306 e. The van der Waals surface area contributed by atoms with Gasteiger partial charge < -0.3 is 8.83 Å². The number of nitrogens with zero attached hydrogens (tertiary/aromatic N) is 4. The second-order valence-electron chi connectivity index (χ2n) is 7.39. The van der Waals surface area contributed by atoms with Gasteiger partial charge >= 0.3 is 11.7 Å². The quantitative estimate of drug-likeness (QED) is 0.230. The van der Waals surface area contributed by atoms with E-state index in [1.54, 1.807) is 16.8 Å². The Kier molecular flexibility index (Phi) is 5.44. The predicted molar refractivity (Wildman–Crippen MR) is 116 cm³/mol. The first kappa shape index (κ1) is 22.1. The highest BCUT2D eigenvalue weighted by molar-refractivity contribution is 5.99. The highest BCUT2D eigenvalue weighted by atomic mass is 19.1. The molecular weight excluding hydrogens is 468 g/mol. The van der Waals surface area contributed by atoms with Crippen LogP contribution >= 0.6 is 0 Å². The molecule has 176 valence electrons. The Morgan fingerprint density at radius 1 is 0.829 bits per heavy atom. The number of carbonyl (C=O) groups is 1. The molecule has 0 N–H and O–H groups in total. The number of benzene rings is 2. The number of aromatic nitrogens is 4. The topological polar surface area (TPSA) is 78.0 Å². The Labute approximate surface area is 193 Å². The third kappa shape index (κ3) is 4.07. The van der Waals surface area contributed by atoms with E-state index in [2.05, 4.69) is 9.97 Å². The molecule has 0 saturated heterocycles. The van der Waals surface area contributed by atoms with E-state index < -0.39 is 23.3 Å². The number of imidazole rings is 2. The van der Waals surface area contributed by atoms with Crippen LogP contribution in [-0.2, 0) is 0 Å². The van der Waals surface area contributed by atoms with Gasteiger partial charge in [0.1, 0.15) is 47.2 Å². The molecule has 4 heterocycles. The van der Waals surface area contributed by atoms with Crippen molar-refractivity contribution in [3.8, 4) is 22.5 Å². The van der Waals surface area contributed by atoms with Gasteiger partial charge in [0, 0.05) is 48.8 Å². The average molecular weight is 482 g/mol. The Morgan fingerprint density at radius 3 is 2.09 bits per heavy atom. The second kappa shape index (κ2) is 8.60. The number of halogens is 4. The van der Waals surface area contributed by atoms with Gasteiger partial charge in [0.2, 0.25) is 0 Å². The van der Waals surface area contributed by atoms with Gasteiger partial charge in [0.15, 0.2) is 5.78 Å². The predicted octanol–water partition coefficient (Wildman–Crippen LogP) is 5.95. The summed E-state index contributed by atoms with van der Waals surface area (Å²) in [5, 5.41) is 0. The molecule has 35 heavy (non-hydrogen) atoms. The van der Waals surface area contributed by atoms with E-state index in [1.807, 2.05) is 0 Å². The normalized spacial score (nSPS) is 11.1. The summed E-state index contributed by atoms with van der Waals surface area (Å²) < 4.78 is 66.0. The van der Waals surface area contributed by atoms with Crippen LogP contribution < -0.4 is 0 Å². The van der Waals surface area contributed by atoms with E-state index in [4.69, 9.17) is 8.83 Å². The first-order valence-corrected chi connectivity index (χ1v) is 10.1. The van der Waals surface area contributed by atoms with Gasteiger partial charge in [-0.25, -0.2) is 17.6 Å². The number of hydrogen-bond acceptors (Lipinski definition) is 5. The fourth-order valence-corrected chi connectivity index (χ4v) is 3.55. The highest BCUT2D eigenvalue weighted by Crippen LogP contribution is 2.28. The lowest BCUT2D eigenvalue weighted by Crippen LogP contribution is -2.00.